The first-order valence-corrected chi connectivity index (χ1v) is 11.9. The lowest BCUT2D eigenvalue weighted by Gasteiger charge is -2.18. The van der Waals surface area contributed by atoms with Crippen molar-refractivity contribution in [2.45, 2.75) is 45.1 Å². The van der Waals surface area contributed by atoms with E-state index in [9.17, 15) is 13.2 Å². The van der Waals surface area contributed by atoms with E-state index in [-0.39, 0.29) is 11.6 Å². The molecule has 0 amide bonds. The predicted molar refractivity (Wildman–Crippen MR) is 117 cm³/mol. The van der Waals surface area contributed by atoms with E-state index in [4.69, 9.17) is 0 Å². The first kappa shape index (κ1) is 20.3. The van der Waals surface area contributed by atoms with Gasteiger partial charge in [0.15, 0.2) is 0 Å². The third kappa shape index (κ3) is 4.28. The fourth-order valence-electron chi connectivity index (χ4n) is 3.85. The van der Waals surface area contributed by atoms with Gasteiger partial charge in [0, 0.05) is 23.2 Å². The molecule has 4 rings (SSSR count). The number of sulfonamides is 1. The van der Waals surface area contributed by atoms with Crippen LogP contribution in [-0.2, 0) is 16.4 Å². The number of aromatic nitrogens is 4. The molecule has 0 bridgehead atoms. The largest absolute Gasteiger partial charge is 0.309 e. The average Bonchev–Trinajstić information content (AvgIpc) is 3.22. The van der Waals surface area contributed by atoms with Gasteiger partial charge >= 0.3 is 0 Å². The van der Waals surface area contributed by atoms with Crippen LogP contribution in [-0.4, -0.2) is 34.2 Å². The Hall–Kier alpha value is -3.01. The molecule has 1 fully saturated rings. The number of anilines is 3. The summed E-state index contributed by atoms with van der Waals surface area (Å²) in [6, 6.07) is 5.26. The second-order valence-electron chi connectivity index (χ2n) is 7.54. The Balaban J connectivity index is 1.69. The maximum absolute atomic E-state index is 13.0. The van der Waals surface area contributed by atoms with E-state index in [1.165, 1.54) is 6.20 Å². The normalized spacial score (nSPS) is 14.9. The molecule has 1 aliphatic rings. The molecule has 158 valence electrons. The fourth-order valence-corrected chi connectivity index (χ4v) is 4.40. The van der Waals surface area contributed by atoms with Gasteiger partial charge in [0.05, 0.1) is 18.1 Å². The van der Waals surface area contributed by atoms with Gasteiger partial charge in [0.1, 0.15) is 11.5 Å². The lowest BCUT2D eigenvalue weighted by atomic mass is 10.1. The van der Waals surface area contributed by atoms with E-state index in [0.29, 0.717) is 29.5 Å². The molecule has 3 heterocycles. The number of nitrogens with zero attached hydrogens (tertiary/aromatic N) is 4. The van der Waals surface area contributed by atoms with Gasteiger partial charge in [0.25, 0.3) is 5.56 Å². The molecule has 1 aliphatic carbocycles. The van der Waals surface area contributed by atoms with Crippen molar-refractivity contribution in [3.8, 4) is 0 Å². The maximum Gasteiger partial charge on any atom is 0.255 e. The van der Waals surface area contributed by atoms with Gasteiger partial charge in [-0.1, -0.05) is 19.8 Å². The first-order valence-electron chi connectivity index (χ1n) is 9.96. The number of nitrogens with one attached hydrogen (secondary N) is 2. The SMILES string of the molecule is CCc1cc2cnc(Nc3ccc(NS(C)(=O)=O)cn3)nc2n(C2CCCC2)c1=O. The number of pyridine rings is 2. The van der Waals surface area contributed by atoms with E-state index in [1.54, 1.807) is 18.3 Å². The van der Waals surface area contributed by atoms with Crippen molar-refractivity contribution in [3.63, 3.8) is 0 Å². The average molecular weight is 429 g/mol. The van der Waals surface area contributed by atoms with Gasteiger partial charge in [-0.2, -0.15) is 4.98 Å². The summed E-state index contributed by atoms with van der Waals surface area (Å²) in [6.45, 7) is 1.98. The second-order valence-corrected chi connectivity index (χ2v) is 9.29. The minimum atomic E-state index is -3.36. The van der Waals surface area contributed by atoms with Crippen LogP contribution in [0.1, 0.15) is 44.2 Å². The molecule has 9 nitrogen and oxygen atoms in total. The Morgan fingerprint density at radius 1 is 1.17 bits per heavy atom. The van der Waals surface area contributed by atoms with Crippen LogP contribution in [0.5, 0.6) is 0 Å². The Morgan fingerprint density at radius 2 is 1.93 bits per heavy atom. The van der Waals surface area contributed by atoms with Gasteiger partial charge in [-0.3, -0.25) is 14.1 Å². The second kappa shape index (κ2) is 8.02. The van der Waals surface area contributed by atoms with Gasteiger partial charge in [-0.05, 0) is 37.5 Å². The lowest BCUT2D eigenvalue weighted by Crippen LogP contribution is -2.27. The van der Waals surface area contributed by atoms with E-state index in [0.717, 1.165) is 42.9 Å². The molecule has 0 saturated heterocycles. The Labute approximate surface area is 174 Å². The van der Waals surface area contributed by atoms with Crippen LogP contribution < -0.4 is 15.6 Å². The molecule has 0 atom stereocenters. The summed E-state index contributed by atoms with van der Waals surface area (Å²) >= 11 is 0. The maximum atomic E-state index is 13.0. The molecule has 30 heavy (non-hydrogen) atoms. The summed E-state index contributed by atoms with van der Waals surface area (Å²) in [7, 11) is -3.36. The molecule has 1 saturated carbocycles. The van der Waals surface area contributed by atoms with E-state index in [1.807, 2.05) is 17.6 Å². The standard InChI is InChI=1S/C20H24N6O3S/c1-3-13-10-14-11-22-20(23-17-9-8-15(12-21-17)25-30(2,28)29)24-18(14)26(19(13)27)16-6-4-5-7-16/h8-12,16,25H,3-7H2,1-2H3,(H,21,22,23,24). The fraction of sp³-hybridized carbons (Fsp3) is 0.400. The molecular weight excluding hydrogens is 404 g/mol. The molecule has 2 N–H and O–H groups in total. The molecule has 0 aromatic carbocycles. The first-order chi connectivity index (χ1) is 14.3. The Bertz CT molecular complexity index is 1230. The molecule has 10 heteroatoms. The predicted octanol–water partition coefficient (Wildman–Crippen LogP) is 2.98. The van der Waals surface area contributed by atoms with Crippen LogP contribution in [0.25, 0.3) is 11.0 Å². The minimum Gasteiger partial charge on any atom is -0.309 e. The van der Waals surface area contributed by atoms with Gasteiger partial charge in [0.2, 0.25) is 16.0 Å². The topological polar surface area (TPSA) is 119 Å². The molecule has 0 aliphatic heterocycles. The van der Waals surface area contributed by atoms with E-state index >= 15 is 0 Å². The Morgan fingerprint density at radius 3 is 2.57 bits per heavy atom. The minimum absolute atomic E-state index is 0.0240. The zero-order valence-electron chi connectivity index (χ0n) is 16.9. The molecule has 3 aromatic heterocycles. The molecule has 3 aromatic rings. The number of hydrogen-bond acceptors (Lipinski definition) is 7. The molecule has 0 spiro atoms. The summed E-state index contributed by atoms with van der Waals surface area (Å²) in [5.74, 6) is 0.794. The third-order valence-electron chi connectivity index (χ3n) is 5.22. The van der Waals surface area contributed by atoms with Crippen molar-refractivity contribution < 1.29 is 8.42 Å². The third-order valence-corrected chi connectivity index (χ3v) is 5.83. The van der Waals surface area contributed by atoms with Crippen molar-refractivity contribution in [1.82, 2.24) is 19.5 Å². The van der Waals surface area contributed by atoms with Crippen LogP contribution in [0, 0.1) is 0 Å². The lowest BCUT2D eigenvalue weighted by molar-refractivity contribution is 0.513. The van der Waals surface area contributed by atoms with Gasteiger partial charge in [-0.15, -0.1) is 0 Å². The number of hydrogen-bond donors (Lipinski definition) is 2. The zero-order chi connectivity index (χ0) is 21.3. The van der Waals surface area contributed by atoms with Crippen molar-refractivity contribution in [1.29, 1.82) is 0 Å². The van der Waals surface area contributed by atoms with Crippen LogP contribution in [0.3, 0.4) is 0 Å². The molecular formula is C20H24N6O3S. The van der Waals surface area contributed by atoms with Crippen molar-refractivity contribution in [2.75, 3.05) is 16.3 Å². The van der Waals surface area contributed by atoms with Gasteiger partial charge in [-0.25, -0.2) is 18.4 Å². The molecule has 0 unspecified atom stereocenters. The highest BCUT2D eigenvalue weighted by Gasteiger charge is 2.22. The summed E-state index contributed by atoms with van der Waals surface area (Å²) in [5.41, 5.74) is 1.78. The smallest absolute Gasteiger partial charge is 0.255 e. The summed E-state index contributed by atoms with van der Waals surface area (Å²) in [5, 5.41) is 3.86. The van der Waals surface area contributed by atoms with Crippen LogP contribution >= 0.6 is 0 Å². The van der Waals surface area contributed by atoms with Crippen molar-refractivity contribution in [3.05, 3.63) is 46.5 Å². The number of fused-ring (bicyclic) bond motifs is 1. The number of rotatable bonds is 6. The quantitative estimate of drug-likeness (QED) is 0.619. The highest BCUT2D eigenvalue weighted by molar-refractivity contribution is 7.92. The summed E-state index contributed by atoms with van der Waals surface area (Å²) in [4.78, 5) is 26.2. The summed E-state index contributed by atoms with van der Waals surface area (Å²) in [6.07, 6.45) is 9.05. The molecule has 0 radical (unpaired) electrons. The van der Waals surface area contributed by atoms with Crippen LogP contribution in [0.2, 0.25) is 0 Å². The van der Waals surface area contributed by atoms with Gasteiger partial charge < -0.3 is 5.32 Å². The zero-order valence-corrected chi connectivity index (χ0v) is 17.7. The highest BCUT2D eigenvalue weighted by atomic mass is 32.2. The number of aryl methyl sites for hydroxylation is 1. The highest BCUT2D eigenvalue weighted by Crippen LogP contribution is 2.31. The van der Waals surface area contributed by atoms with Crippen molar-refractivity contribution in [2.24, 2.45) is 0 Å². The summed E-state index contributed by atoms with van der Waals surface area (Å²) < 4.78 is 26.8. The van der Waals surface area contributed by atoms with Crippen LogP contribution in [0.4, 0.5) is 17.5 Å². The Kier molecular flexibility index (Phi) is 5.42. The van der Waals surface area contributed by atoms with E-state index < -0.39 is 10.0 Å². The van der Waals surface area contributed by atoms with Crippen molar-refractivity contribution >= 4 is 38.5 Å². The van der Waals surface area contributed by atoms with Crippen LogP contribution in [0.15, 0.2) is 35.4 Å². The monoisotopic (exact) mass is 428 g/mol. The van der Waals surface area contributed by atoms with E-state index in [2.05, 4.69) is 25.0 Å².